The summed E-state index contributed by atoms with van der Waals surface area (Å²) in [5.41, 5.74) is 5.21. The highest BCUT2D eigenvalue weighted by molar-refractivity contribution is 5.97. The van der Waals surface area contributed by atoms with E-state index in [1.807, 2.05) is 31.2 Å². The van der Waals surface area contributed by atoms with Gasteiger partial charge in [0, 0.05) is 12.7 Å². The Balaban J connectivity index is 1.55. The zero-order chi connectivity index (χ0) is 19.8. The summed E-state index contributed by atoms with van der Waals surface area (Å²) in [6.45, 7) is 2.63. The quantitative estimate of drug-likeness (QED) is 0.438. The molecule has 0 aromatic heterocycles. The number of hydrogen-bond donors (Lipinski definition) is 2. The van der Waals surface area contributed by atoms with Crippen LogP contribution in [0, 0.1) is 11.3 Å². The summed E-state index contributed by atoms with van der Waals surface area (Å²) < 4.78 is 0. The number of nitrogens with zero attached hydrogens (tertiary/aromatic N) is 1. The van der Waals surface area contributed by atoms with E-state index in [0.29, 0.717) is 6.54 Å². The summed E-state index contributed by atoms with van der Waals surface area (Å²) >= 11 is 0. The number of nitrogens with one attached hydrogen (secondary N) is 2. The normalized spacial score (nSPS) is 14.5. The number of fused-ring (bicyclic) bond motifs is 1. The molecule has 144 valence electrons. The summed E-state index contributed by atoms with van der Waals surface area (Å²) in [4.78, 5) is 12.5. The Hall–Kier alpha value is -3.06. The Morgan fingerprint density at radius 3 is 2.64 bits per heavy atom. The fourth-order valence-electron chi connectivity index (χ4n) is 3.56. The third-order valence-electron chi connectivity index (χ3n) is 5.23. The number of rotatable bonds is 7. The highest BCUT2D eigenvalue weighted by Crippen LogP contribution is 2.24. The molecule has 4 heteroatoms. The molecule has 2 N–H and O–H groups in total. The second kappa shape index (κ2) is 9.75. The molecule has 0 heterocycles. The first-order valence-corrected chi connectivity index (χ1v) is 9.97. The maximum absolute atomic E-state index is 12.5. The third-order valence-corrected chi connectivity index (χ3v) is 5.23. The molecule has 2 aromatic carbocycles. The molecule has 4 nitrogen and oxygen atoms in total. The Kier molecular flexibility index (Phi) is 6.86. The third kappa shape index (κ3) is 5.23. The van der Waals surface area contributed by atoms with Gasteiger partial charge in [0.05, 0.1) is 6.04 Å². The maximum Gasteiger partial charge on any atom is 0.263 e. The molecule has 1 aliphatic carbocycles. The molecule has 0 saturated heterocycles. The Morgan fingerprint density at radius 1 is 1.14 bits per heavy atom. The number of carbonyl (C=O) groups excluding carboxylic acids is 1. The molecule has 0 radical (unpaired) electrons. The predicted molar refractivity (Wildman–Crippen MR) is 111 cm³/mol. The summed E-state index contributed by atoms with van der Waals surface area (Å²) in [6.07, 6.45) is 7.09. The monoisotopic (exact) mass is 373 g/mol. The van der Waals surface area contributed by atoms with Gasteiger partial charge in [-0.15, -0.1) is 0 Å². The van der Waals surface area contributed by atoms with E-state index >= 15 is 0 Å². The van der Waals surface area contributed by atoms with Gasteiger partial charge in [-0.2, -0.15) is 5.26 Å². The van der Waals surface area contributed by atoms with Crippen molar-refractivity contribution in [3.63, 3.8) is 0 Å². The smallest absolute Gasteiger partial charge is 0.263 e. The van der Waals surface area contributed by atoms with Crippen LogP contribution in [0.5, 0.6) is 0 Å². The minimum absolute atomic E-state index is 0.0953. The lowest BCUT2D eigenvalue weighted by Gasteiger charge is -2.20. The van der Waals surface area contributed by atoms with Crippen LogP contribution in [0.15, 0.2) is 60.3 Å². The molecule has 1 aliphatic rings. The van der Waals surface area contributed by atoms with Gasteiger partial charge in [-0.25, -0.2) is 0 Å². The lowest BCUT2D eigenvalue weighted by atomic mass is 9.89. The highest BCUT2D eigenvalue weighted by atomic mass is 16.1. The lowest BCUT2D eigenvalue weighted by Crippen LogP contribution is -2.29. The SMILES string of the molecule is CC(NC(=O)/C(C#N)=C\NCCc1ccccc1)c1ccc2c(c1)CCCC2. The van der Waals surface area contributed by atoms with Crippen LogP contribution in [0.25, 0.3) is 0 Å². The molecule has 0 aliphatic heterocycles. The molecular weight excluding hydrogens is 346 g/mol. The maximum atomic E-state index is 12.5. The fraction of sp³-hybridized carbons (Fsp3) is 0.333. The van der Waals surface area contributed by atoms with Gasteiger partial charge in [-0.3, -0.25) is 4.79 Å². The molecule has 28 heavy (non-hydrogen) atoms. The van der Waals surface area contributed by atoms with Crippen molar-refractivity contribution in [1.82, 2.24) is 10.6 Å². The standard InChI is InChI=1S/C24H27N3O/c1-18(21-12-11-20-9-5-6-10-22(20)15-21)27-24(28)23(16-25)17-26-14-13-19-7-3-2-4-8-19/h2-4,7-8,11-12,15,17-18,26H,5-6,9-10,13-14H2,1H3,(H,27,28)/b23-17-. The van der Waals surface area contributed by atoms with Gasteiger partial charge in [0.2, 0.25) is 0 Å². The van der Waals surface area contributed by atoms with Crippen molar-refractivity contribution < 1.29 is 4.79 Å². The average Bonchev–Trinajstić information content (AvgIpc) is 2.74. The van der Waals surface area contributed by atoms with E-state index in [1.54, 1.807) is 0 Å². The second-order valence-corrected chi connectivity index (χ2v) is 7.29. The lowest BCUT2D eigenvalue weighted by molar-refractivity contribution is -0.117. The Bertz CT molecular complexity index is 880. The minimum Gasteiger partial charge on any atom is -0.389 e. The molecule has 0 bridgehead atoms. The van der Waals surface area contributed by atoms with Gasteiger partial charge < -0.3 is 10.6 Å². The zero-order valence-electron chi connectivity index (χ0n) is 16.4. The molecule has 1 unspecified atom stereocenters. The van der Waals surface area contributed by atoms with Gasteiger partial charge in [0.25, 0.3) is 5.91 Å². The molecule has 0 saturated carbocycles. The number of aryl methyl sites for hydroxylation is 2. The molecule has 1 amide bonds. The van der Waals surface area contributed by atoms with Gasteiger partial charge in [-0.05, 0) is 61.3 Å². The van der Waals surface area contributed by atoms with Crippen LogP contribution in [-0.2, 0) is 24.1 Å². The van der Waals surface area contributed by atoms with E-state index in [1.165, 1.54) is 35.7 Å². The highest BCUT2D eigenvalue weighted by Gasteiger charge is 2.16. The number of carbonyl (C=O) groups is 1. The minimum atomic E-state index is -0.347. The molecule has 0 spiro atoms. The van der Waals surface area contributed by atoms with Crippen molar-refractivity contribution in [2.45, 2.75) is 45.1 Å². The van der Waals surface area contributed by atoms with E-state index < -0.39 is 0 Å². The summed E-state index contributed by atoms with van der Waals surface area (Å²) in [5.74, 6) is -0.347. The second-order valence-electron chi connectivity index (χ2n) is 7.29. The first kappa shape index (κ1) is 19.7. The molecule has 0 fully saturated rings. The summed E-state index contributed by atoms with van der Waals surface area (Å²) in [7, 11) is 0. The fourth-order valence-corrected chi connectivity index (χ4v) is 3.56. The van der Waals surface area contributed by atoms with Crippen molar-refractivity contribution >= 4 is 5.91 Å². The molecular formula is C24H27N3O. The largest absolute Gasteiger partial charge is 0.389 e. The van der Waals surface area contributed by atoms with E-state index in [0.717, 1.165) is 24.8 Å². The average molecular weight is 374 g/mol. The molecule has 1 atom stereocenters. The zero-order valence-corrected chi connectivity index (χ0v) is 16.4. The van der Waals surface area contributed by atoms with Crippen LogP contribution in [0.1, 0.15) is 48.1 Å². The predicted octanol–water partition coefficient (Wildman–Crippen LogP) is 3.98. The van der Waals surface area contributed by atoms with Crippen molar-refractivity contribution in [1.29, 1.82) is 5.26 Å². The van der Waals surface area contributed by atoms with Crippen molar-refractivity contribution in [3.8, 4) is 6.07 Å². The number of nitriles is 1. The van der Waals surface area contributed by atoms with Crippen LogP contribution in [0.2, 0.25) is 0 Å². The van der Waals surface area contributed by atoms with Gasteiger partial charge in [-0.1, -0.05) is 48.5 Å². The first-order valence-electron chi connectivity index (χ1n) is 9.97. The van der Waals surface area contributed by atoms with Gasteiger partial charge in [0.15, 0.2) is 0 Å². The topological polar surface area (TPSA) is 64.9 Å². The summed E-state index contributed by atoms with van der Waals surface area (Å²) in [5, 5.41) is 15.4. The van der Waals surface area contributed by atoms with Crippen molar-refractivity contribution in [2.24, 2.45) is 0 Å². The number of amides is 1. The van der Waals surface area contributed by atoms with Crippen LogP contribution in [0.4, 0.5) is 0 Å². The van der Waals surface area contributed by atoms with Crippen LogP contribution in [0.3, 0.4) is 0 Å². The van der Waals surface area contributed by atoms with Crippen molar-refractivity contribution in [3.05, 3.63) is 82.6 Å². The van der Waals surface area contributed by atoms with Crippen LogP contribution in [-0.4, -0.2) is 12.5 Å². The number of hydrogen-bond acceptors (Lipinski definition) is 3. The summed E-state index contributed by atoms with van der Waals surface area (Å²) in [6, 6.07) is 18.4. The van der Waals surface area contributed by atoms with E-state index in [-0.39, 0.29) is 17.5 Å². The molecule has 2 aromatic rings. The number of benzene rings is 2. The van der Waals surface area contributed by atoms with Crippen LogP contribution < -0.4 is 10.6 Å². The van der Waals surface area contributed by atoms with E-state index in [9.17, 15) is 10.1 Å². The Morgan fingerprint density at radius 2 is 1.89 bits per heavy atom. The Labute approximate surface area is 167 Å². The first-order chi connectivity index (χ1) is 13.7. The van der Waals surface area contributed by atoms with E-state index in [4.69, 9.17) is 0 Å². The van der Waals surface area contributed by atoms with Gasteiger partial charge in [0.1, 0.15) is 11.6 Å². The van der Waals surface area contributed by atoms with Gasteiger partial charge >= 0.3 is 0 Å². The van der Waals surface area contributed by atoms with Crippen molar-refractivity contribution in [2.75, 3.05) is 6.54 Å². The van der Waals surface area contributed by atoms with Crippen LogP contribution >= 0.6 is 0 Å². The van der Waals surface area contributed by atoms with E-state index in [2.05, 4.69) is 41.0 Å². The molecule has 3 rings (SSSR count).